The van der Waals surface area contributed by atoms with E-state index in [4.69, 9.17) is 4.98 Å². The number of nitrogens with zero attached hydrogens (tertiary/aromatic N) is 1. The Hall–Kier alpha value is -3.31. The highest BCUT2D eigenvalue weighted by molar-refractivity contribution is 7.99. The molecule has 144 valence electrons. The lowest BCUT2D eigenvalue weighted by atomic mass is 10.1. The van der Waals surface area contributed by atoms with Gasteiger partial charge in [-0.1, -0.05) is 90.6 Å². The number of hydrogen-bond donors (Lipinski definition) is 2. The highest BCUT2D eigenvalue weighted by Crippen LogP contribution is 2.32. The van der Waals surface area contributed by atoms with Crippen molar-refractivity contribution in [1.29, 1.82) is 0 Å². The number of benzene rings is 3. The lowest BCUT2D eigenvalue weighted by Gasteiger charge is -2.04. The molecule has 0 aliphatic carbocycles. The second-order valence-corrected chi connectivity index (χ2v) is 7.55. The Balaban J connectivity index is 1.46. The maximum Gasteiger partial charge on any atom is 0.251 e. The number of imidazole rings is 1. The molecule has 4 aromatic rings. The second-order valence-electron chi connectivity index (χ2n) is 6.47. The summed E-state index contributed by atoms with van der Waals surface area (Å²) >= 11 is 1.60. The first-order valence-electron chi connectivity index (χ1n) is 9.48. The maximum atomic E-state index is 12.1. The third-order valence-electron chi connectivity index (χ3n) is 4.45. The van der Waals surface area contributed by atoms with Gasteiger partial charge < -0.3 is 10.3 Å². The molecule has 3 aromatic carbocycles. The Morgan fingerprint density at radius 3 is 2.07 bits per heavy atom. The molecule has 4 nitrogen and oxygen atoms in total. The van der Waals surface area contributed by atoms with E-state index in [1.54, 1.807) is 11.8 Å². The minimum Gasteiger partial charge on any atom is -0.351 e. The minimum atomic E-state index is -0.0550. The first-order chi connectivity index (χ1) is 14.3. The van der Waals surface area contributed by atoms with E-state index in [-0.39, 0.29) is 5.91 Å². The van der Waals surface area contributed by atoms with Crippen LogP contribution in [0, 0.1) is 0 Å². The van der Waals surface area contributed by atoms with Gasteiger partial charge in [0.25, 0.3) is 5.91 Å². The number of aromatic nitrogens is 2. The molecule has 5 heteroatoms. The molecular formula is C24H21N3OS. The Morgan fingerprint density at radius 1 is 0.828 bits per heavy atom. The lowest BCUT2D eigenvalue weighted by molar-refractivity contribution is 0.0956. The molecule has 0 saturated carbocycles. The summed E-state index contributed by atoms with van der Waals surface area (Å²) < 4.78 is 0. The van der Waals surface area contributed by atoms with Gasteiger partial charge in [0.1, 0.15) is 0 Å². The van der Waals surface area contributed by atoms with E-state index in [0.717, 1.165) is 33.4 Å². The van der Waals surface area contributed by atoms with E-state index >= 15 is 0 Å². The number of carbonyl (C=O) groups is 1. The summed E-state index contributed by atoms with van der Waals surface area (Å²) in [5.74, 6) is 0.676. The van der Waals surface area contributed by atoms with Crippen LogP contribution < -0.4 is 5.32 Å². The maximum absolute atomic E-state index is 12.1. The van der Waals surface area contributed by atoms with E-state index in [0.29, 0.717) is 12.1 Å². The minimum absolute atomic E-state index is 0.0550. The normalized spacial score (nSPS) is 10.6. The van der Waals surface area contributed by atoms with Gasteiger partial charge in [-0.3, -0.25) is 4.79 Å². The van der Waals surface area contributed by atoms with Gasteiger partial charge >= 0.3 is 0 Å². The van der Waals surface area contributed by atoms with Crippen molar-refractivity contribution in [2.75, 3.05) is 12.3 Å². The van der Waals surface area contributed by atoms with Crippen LogP contribution >= 0.6 is 11.8 Å². The van der Waals surface area contributed by atoms with Crippen molar-refractivity contribution >= 4 is 17.7 Å². The smallest absolute Gasteiger partial charge is 0.251 e. The van der Waals surface area contributed by atoms with Crippen LogP contribution in [0.4, 0.5) is 0 Å². The molecule has 29 heavy (non-hydrogen) atoms. The molecule has 0 radical (unpaired) electrons. The van der Waals surface area contributed by atoms with Gasteiger partial charge in [0, 0.05) is 29.0 Å². The molecular weight excluding hydrogens is 378 g/mol. The predicted octanol–water partition coefficient (Wildman–Crippen LogP) is 5.27. The van der Waals surface area contributed by atoms with E-state index in [2.05, 4.69) is 34.6 Å². The molecule has 1 amide bonds. The number of carbonyl (C=O) groups excluding carboxylic acids is 1. The van der Waals surface area contributed by atoms with E-state index in [1.807, 2.05) is 66.7 Å². The molecule has 4 rings (SSSR count). The summed E-state index contributed by atoms with van der Waals surface area (Å²) in [6.07, 6.45) is 0. The molecule has 0 spiro atoms. The molecule has 0 unspecified atom stereocenters. The third kappa shape index (κ3) is 4.76. The highest BCUT2D eigenvalue weighted by atomic mass is 32.2. The molecule has 1 heterocycles. The van der Waals surface area contributed by atoms with Crippen LogP contribution in [-0.2, 0) is 0 Å². The summed E-state index contributed by atoms with van der Waals surface area (Å²) in [6, 6.07) is 29.6. The molecule has 0 atom stereocenters. The largest absolute Gasteiger partial charge is 0.351 e. The fraction of sp³-hybridized carbons (Fsp3) is 0.0833. The van der Waals surface area contributed by atoms with Crippen molar-refractivity contribution < 1.29 is 4.79 Å². The van der Waals surface area contributed by atoms with Crippen molar-refractivity contribution in [1.82, 2.24) is 15.3 Å². The van der Waals surface area contributed by atoms with Crippen molar-refractivity contribution in [3.63, 3.8) is 0 Å². The number of hydrogen-bond acceptors (Lipinski definition) is 3. The van der Waals surface area contributed by atoms with Gasteiger partial charge in [-0.25, -0.2) is 4.98 Å². The van der Waals surface area contributed by atoms with Gasteiger partial charge in [-0.2, -0.15) is 0 Å². The number of amides is 1. The predicted molar refractivity (Wildman–Crippen MR) is 119 cm³/mol. The van der Waals surface area contributed by atoms with E-state index in [9.17, 15) is 4.79 Å². The number of rotatable bonds is 7. The second kappa shape index (κ2) is 9.26. The molecule has 2 N–H and O–H groups in total. The van der Waals surface area contributed by atoms with Crippen LogP contribution in [-0.4, -0.2) is 28.2 Å². The Bertz CT molecular complexity index is 1010. The van der Waals surface area contributed by atoms with Gasteiger partial charge in [0.2, 0.25) is 0 Å². The van der Waals surface area contributed by atoms with Crippen molar-refractivity contribution in [2.24, 2.45) is 0 Å². The zero-order valence-electron chi connectivity index (χ0n) is 15.8. The van der Waals surface area contributed by atoms with Crippen LogP contribution in [0.25, 0.3) is 22.5 Å². The molecule has 0 saturated heterocycles. The molecule has 0 bridgehead atoms. The zero-order chi connectivity index (χ0) is 19.9. The SMILES string of the molecule is O=C(NCCSc1nc(-c2ccccc2)c(-c2ccccc2)[nH]1)c1ccccc1. The Kier molecular flexibility index (Phi) is 6.07. The van der Waals surface area contributed by atoms with E-state index in [1.165, 1.54) is 0 Å². The van der Waals surface area contributed by atoms with Crippen molar-refractivity contribution in [3.05, 3.63) is 96.6 Å². The van der Waals surface area contributed by atoms with Crippen LogP contribution in [0.15, 0.2) is 96.2 Å². The monoisotopic (exact) mass is 399 g/mol. The standard InChI is InChI=1S/C24H21N3OS/c28-23(20-14-8-3-9-15-20)25-16-17-29-24-26-21(18-10-4-1-5-11-18)22(27-24)19-12-6-2-7-13-19/h1-15H,16-17H2,(H,25,28)(H,26,27). The van der Waals surface area contributed by atoms with Crippen molar-refractivity contribution in [3.8, 4) is 22.5 Å². The first-order valence-corrected chi connectivity index (χ1v) is 10.5. The summed E-state index contributed by atoms with van der Waals surface area (Å²) in [4.78, 5) is 20.4. The topological polar surface area (TPSA) is 57.8 Å². The average Bonchev–Trinajstić information content (AvgIpc) is 3.23. The highest BCUT2D eigenvalue weighted by Gasteiger charge is 2.14. The average molecular weight is 400 g/mol. The third-order valence-corrected chi connectivity index (χ3v) is 5.33. The molecule has 0 aliphatic heterocycles. The Labute approximate surface area is 174 Å². The lowest BCUT2D eigenvalue weighted by Crippen LogP contribution is -2.25. The molecule has 1 aromatic heterocycles. The fourth-order valence-electron chi connectivity index (χ4n) is 3.04. The number of aromatic amines is 1. The quantitative estimate of drug-likeness (QED) is 0.329. The first kappa shape index (κ1) is 19.0. The van der Waals surface area contributed by atoms with Gasteiger partial charge in [0.15, 0.2) is 5.16 Å². The van der Waals surface area contributed by atoms with Crippen molar-refractivity contribution in [2.45, 2.75) is 5.16 Å². The van der Waals surface area contributed by atoms with E-state index < -0.39 is 0 Å². The van der Waals surface area contributed by atoms with Gasteiger partial charge in [0.05, 0.1) is 11.4 Å². The molecule has 0 aliphatic rings. The number of thioether (sulfide) groups is 1. The van der Waals surface area contributed by atoms with Crippen LogP contribution in [0.5, 0.6) is 0 Å². The van der Waals surface area contributed by atoms with Gasteiger partial charge in [-0.05, 0) is 12.1 Å². The summed E-state index contributed by atoms with van der Waals surface area (Å²) in [5, 5.41) is 3.80. The zero-order valence-corrected chi connectivity index (χ0v) is 16.7. The summed E-state index contributed by atoms with van der Waals surface area (Å²) in [7, 11) is 0. The Morgan fingerprint density at radius 2 is 1.41 bits per heavy atom. The van der Waals surface area contributed by atoms with Gasteiger partial charge in [-0.15, -0.1) is 0 Å². The van der Waals surface area contributed by atoms with Crippen LogP contribution in [0.1, 0.15) is 10.4 Å². The number of nitrogens with one attached hydrogen (secondary N) is 2. The fourth-order valence-corrected chi connectivity index (χ4v) is 3.77. The molecule has 0 fully saturated rings. The summed E-state index contributed by atoms with van der Waals surface area (Å²) in [6.45, 7) is 0.570. The van der Waals surface area contributed by atoms with Crippen LogP contribution in [0.3, 0.4) is 0 Å². The number of H-pyrrole nitrogens is 1. The van der Waals surface area contributed by atoms with Crippen LogP contribution in [0.2, 0.25) is 0 Å². The summed E-state index contributed by atoms with van der Waals surface area (Å²) in [5.41, 5.74) is 4.79.